The second-order valence-electron chi connectivity index (χ2n) is 14.6. The monoisotopic (exact) mass is 784 g/mol. The molecule has 8 nitrogen and oxygen atoms in total. The van der Waals surface area contributed by atoms with Crippen LogP contribution in [0.4, 0.5) is 0 Å². The summed E-state index contributed by atoms with van der Waals surface area (Å²) < 4.78 is 21.9. The van der Waals surface area contributed by atoms with E-state index in [2.05, 4.69) is 0 Å². The van der Waals surface area contributed by atoms with E-state index in [4.69, 9.17) is 18.9 Å². The Morgan fingerprint density at radius 1 is 0.404 bits per heavy atom. The highest BCUT2D eigenvalue weighted by Gasteiger charge is 2.03. The average Bonchev–Trinajstić information content (AvgIpc) is 3.11. The van der Waals surface area contributed by atoms with Crippen LogP contribution in [0.1, 0.15) is 133 Å². The van der Waals surface area contributed by atoms with Crippen molar-refractivity contribution in [2.45, 2.75) is 141 Å². The minimum Gasteiger partial charge on any atom is -0.491 e. The van der Waals surface area contributed by atoms with E-state index in [-0.39, 0.29) is 55.0 Å². The van der Waals surface area contributed by atoms with Crippen molar-refractivity contribution in [3.63, 3.8) is 0 Å². The van der Waals surface area contributed by atoms with Gasteiger partial charge in [-0.1, -0.05) is 68.1 Å². The standard InChI is InChI=1S/C13H18O2.2C12H16O2.C11H14O2.CH4/c1-10(2)15-9-13-6-4-12(5-7-13)8-11(3)14;1-9(2)14-8-11-4-6-12(7-5-11)10(3)13;1-9(2)14-12-6-4-11(5-7-12)8-10(3)13;1-8(2)13-11-6-4-10(5-7-11)9(3)12;/h4-7,10H,8-9H2,1-3H3;2*4-7,9H,8H2,1-3H3;4-8H,1-3H3;1H4. The molecule has 0 saturated heterocycles. The Labute approximate surface area is 343 Å². The second-order valence-corrected chi connectivity index (χ2v) is 14.6. The van der Waals surface area contributed by atoms with Gasteiger partial charge < -0.3 is 18.9 Å². The first-order valence-corrected chi connectivity index (χ1v) is 19.3. The Morgan fingerprint density at radius 3 is 0.947 bits per heavy atom. The predicted molar refractivity (Wildman–Crippen MR) is 233 cm³/mol. The Morgan fingerprint density at radius 2 is 0.667 bits per heavy atom. The fourth-order valence-corrected chi connectivity index (χ4v) is 4.69. The Balaban J connectivity index is 0.000000730. The van der Waals surface area contributed by atoms with E-state index in [9.17, 15) is 19.2 Å². The molecule has 0 aliphatic heterocycles. The molecule has 0 N–H and O–H groups in total. The zero-order chi connectivity index (χ0) is 42.2. The minimum atomic E-state index is 0. The predicted octanol–water partition coefficient (Wildman–Crippen LogP) is 11.5. The lowest BCUT2D eigenvalue weighted by molar-refractivity contribution is -0.117. The molecule has 0 unspecified atom stereocenters. The third kappa shape index (κ3) is 25.8. The molecule has 0 amide bonds. The molecular formula is C49H68O8. The van der Waals surface area contributed by atoms with Crippen molar-refractivity contribution in [1.29, 1.82) is 0 Å². The van der Waals surface area contributed by atoms with Crippen molar-refractivity contribution < 1.29 is 38.1 Å². The SMILES string of the molecule is C.CC(=O)Cc1ccc(COC(C)C)cc1.CC(=O)Cc1ccc(OC(C)C)cc1.CC(=O)c1ccc(COC(C)C)cc1.CC(=O)c1ccc(OC(C)C)cc1. The van der Waals surface area contributed by atoms with Crippen molar-refractivity contribution in [1.82, 2.24) is 0 Å². The van der Waals surface area contributed by atoms with Gasteiger partial charge in [-0.15, -0.1) is 0 Å². The molecule has 0 aliphatic carbocycles. The smallest absolute Gasteiger partial charge is 0.159 e. The van der Waals surface area contributed by atoms with Crippen LogP contribution >= 0.6 is 0 Å². The molecule has 0 aliphatic rings. The van der Waals surface area contributed by atoms with Crippen LogP contribution in [0.15, 0.2) is 97.1 Å². The van der Waals surface area contributed by atoms with Crippen molar-refractivity contribution in [3.8, 4) is 11.5 Å². The fraction of sp³-hybridized carbons (Fsp3) is 0.429. The maximum atomic E-state index is 11.0. The number of benzene rings is 4. The van der Waals surface area contributed by atoms with Crippen LogP contribution < -0.4 is 9.47 Å². The first kappa shape index (κ1) is 52.1. The molecule has 8 heteroatoms. The van der Waals surface area contributed by atoms with Gasteiger partial charge in [0.1, 0.15) is 23.1 Å². The fourth-order valence-electron chi connectivity index (χ4n) is 4.69. The maximum Gasteiger partial charge on any atom is 0.159 e. The van der Waals surface area contributed by atoms with Gasteiger partial charge in [0.05, 0.1) is 37.6 Å². The molecule has 4 aromatic rings. The van der Waals surface area contributed by atoms with Crippen molar-refractivity contribution in [3.05, 3.63) is 130 Å². The van der Waals surface area contributed by atoms with Crippen molar-refractivity contribution in [2.75, 3.05) is 0 Å². The van der Waals surface area contributed by atoms with Crippen LogP contribution in [0.3, 0.4) is 0 Å². The average molecular weight is 785 g/mol. The highest BCUT2D eigenvalue weighted by Crippen LogP contribution is 2.15. The van der Waals surface area contributed by atoms with Crippen LogP contribution in [0.25, 0.3) is 0 Å². The zero-order valence-corrected chi connectivity index (χ0v) is 35.6. The van der Waals surface area contributed by atoms with Gasteiger partial charge in [-0.3, -0.25) is 19.2 Å². The van der Waals surface area contributed by atoms with E-state index in [0.717, 1.165) is 44.9 Å². The summed E-state index contributed by atoms with van der Waals surface area (Å²) in [6.45, 7) is 23.5. The first-order valence-electron chi connectivity index (χ1n) is 19.3. The molecule has 0 bridgehead atoms. The van der Waals surface area contributed by atoms with Gasteiger partial charge >= 0.3 is 0 Å². The molecule has 0 fully saturated rings. The third-order valence-corrected chi connectivity index (χ3v) is 7.38. The Kier molecular flexibility index (Phi) is 26.0. The van der Waals surface area contributed by atoms with E-state index < -0.39 is 0 Å². The number of carbonyl (C=O) groups excluding carboxylic acids is 4. The summed E-state index contributed by atoms with van der Waals surface area (Å²) in [6.07, 6.45) is 1.87. The molecule has 0 saturated carbocycles. The summed E-state index contributed by atoms with van der Waals surface area (Å²) in [5, 5.41) is 0. The topological polar surface area (TPSA) is 105 Å². The molecule has 0 spiro atoms. The summed E-state index contributed by atoms with van der Waals surface area (Å²) in [4.78, 5) is 43.7. The molecule has 0 aromatic heterocycles. The Bertz CT molecular complexity index is 1720. The maximum absolute atomic E-state index is 11.0. The zero-order valence-electron chi connectivity index (χ0n) is 35.6. The number of rotatable bonds is 16. The summed E-state index contributed by atoms with van der Waals surface area (Å²) in [5.41, 5.74) is 5.82. The molecule has 0 heterocycles. The van der Waals surface area contributed by atoms with Gasteiger partial charge in [-0.2, -0.15) is 0 Å². The number of ether oxygens (including phenoxy) is 4. The van der Waals surface area contributed by atoms with Gasteiger partial charge in [-0.05, 0) is 142 Å². The van der Waals surface area contributed by atoms with Crippen LogP contribution in [0, 0.1) is 0 Å². The van der Waals surface area contributed by atoms with Gasteiger partial charge in [-0.25, -0.2) is 0 Å². The van der Waals surface area contributed by atoms with E-state index in [1.54, 1.807) is 39.8 Å². The van der Waals surface area contributed by atoms with Gasteiger partial charge in [0.2, 0.25) is 0 Å². The van der Waals surface area contributed by atoms with Crippen molar-refractivity contribution in [2.24, 2.45) is 0 Å². The number of hydrogen-bond donors (Lipinski definition) is 0. The van der Waals surface area contributed by atoms with Crippen LogP contribution in [0.5, 0.6) is 11.5 Å². The highest BCUT2D eigenvalue weighted by atomic mass is 16.5. The highest BCUT2D eigenvalue weighted by molar-refractivity contribution is 5.94. The lowest BCUT2D eigenvalue weighted by Gasteiger charge is -2.09. The normalized spacial score (nSPS) is 10.2. The number of Topliss-reactive ketones (excluding diaryl/α,β-unsaturated/α-hetero) is 4. The summed E-state index contributed by atoms with van der Waals surface area (Å²) in [5.74, 6) is 2.22. The molecule has 57 heavy (non-hydrogen) atoms. The van der Waals surface area contributed by atoms with Crippen LogP contribution in [-0.2, 0) is 45.1 Å². The van der Waals surface area contributed by atoms with E-state index in [0.29, 0.717) is 26.1 Å². The summed E-state index contributed by atoms with van der Waals surface area (Å²) in [7, 11) is 0. The lowest BCUT2D eigenvalue weighted by atomic mass is 10.1. The van der Waals surface area contributed by atoms with Crippen LogP contribution in [0.2, 0.25) is 0 Å². The van der Waals surface area contributed by atoms with E-state index in [1.807, 2.05) is 140 Å². The largest absolute Gasteiger partial charge is 0.491 e. The van der Waals surface area contributed by atoms with Gasteiger partial charge in [0.25, 0.3) is 0 Å². The number of hydrogen-bond acceptors (Lipinski definition) is 8. The first-order chi connectivity index (χ1) is 26.3. The van der Waals surface area contributed by atoms with E-state index in [1.165, 1.54) is 0 Å². The molecule has 4 rings (SSSR count). The molecule has 4 aromatic carbocycles. The number of carbonyl (C=O) groups is 4. The quantitative estimate of drug-likeness (QED) is 0.103. The Hall–Kier alpha value is -4.92. The van der Waals surface area contributed by atoms with Gasteiger partial charge in [0.15, 0.2) is 11.6 Å². The van der Waals surface area contributed by atoms with Crippen molar-refractivity contribution >= 4 is 23.1 Å². The summed E-state index contributed by atoms with van der Waals surface area (Å²) >= 11 is 0. The molecular weight excluding hydrogens is 717 g/mol. The summed E-state index contributed by atoms with van der Waals surface area (Å²) in [6, 6.07) is 30.4. The second kappa shape index (κ2) is 28.5. The van der Waals surface area contributed by atoms with Crippen LogP contribution in [-0.4, -0.2) is 47.5 Å². The third-order valence-electron chi connectivity index (χ3n) is 7.38. The number of ketones is 4. The lowest BCUT2D eigenvalue weighted by Crippen LogP contribution is -2.05. The minimum absolute atomic E-state index is 0. The molecule has 312 valence electrons. The van der Waals surface area contributed by atoms with E-state index >= 15 is 0 Å². The molecule has 0 atom stereocenters. The van der Waals surface area contributed by atoms with Gasteiger partial charge in [0, 0.05) is 24.0 Å². The molecule has 0 radical (unpaired) electrons.